The van der Waals surface area contributed by atoms with Gasteiger partial charge in [-0.25, -0.2) is 4.98 Å². The van der Waals surface area contributed by atoms with Gasteiger partial charge in [0.2, 0.25) is 6.41 Å². The molecule has 0 unspecified atom stereocenters. The van der Waals surface area contributed by atoms with E-state index in [9.17, 15) is 0 Å². The van der Waals surface area contributed by atoms with Gasteiger partial charge >= 0.3 is 0 Å². The Bertz CT molecular complexity index is 527. The Morgan fingerprint density at radius 2 is 1.78 bits per heavy atom. The molecule has 0 aliphatic carbocycles. The van der Waals surface area contributed by atoms with E-state index in [0.717, 1.165) is 32.2 Å². The molecule has 2 rings (SSSR count). The van der Waals surface area contributed by atoms with Crippen molar-refractivity contribution in [1.82, 2.24) is 4.98 Å². The first-order valence-corrected chi connectivity index (χ1v) is 8.40. The number of benzene rings is 1. The maximum atomic E-state index is 8.58. The van der Waals surface area contributed by atoms with E-state index in [1.807, 2.05) is 5.51 Å². The number of nitrogens with two attached hydrogens (primary N) is 2. The van der Waals surface area contributed by atoms with Gasteiger partial charge in [-0.1, -0.05) is 30.7 Å². The molecule has 0 atom stereocenters. The van der Waals surface area contributed by atoms with Gasteiger partial charge in [-0.3, -0.25) is 4.79 Å². The van der Waals surface area contributed by atoms with Crippen LogP contribution in [0.25, 0.3) is 10.4 Å². The molecule has 5 N–H and O–H groups in total. The maximum absolute atomic E-state index is 8.58. The van der Waals surface area contributed by atoms with Crippen LogP contribution < -0.4 is 11.5 Å². The number of hydrogen-bond donors (Lipinski definition) is 3. The Balaban J connectivity index is 0.000000868. The lowest BCUT2D eigenvalue weighted by Crippen LogP contribution is -1.98. The fraction of sp³-hybridized carbons (Fsp3) is 0.412. The van der Waals surface area contributed by atoms with Crippen molar-refractivity contribution in [2.75, 3.05) is 13.7 Å². The number of aryl methyl sites for hydroxylation is 2. The van der Waals surface area contributed by atoms with Crippen molar-refractivity contribution in [2.45, 2.75) is 32.6 Å². The summed E-state index contributed by atoms with van der Waals surface area (Å²) in [4.78, 5) is 14.2. The van der Waals surface area contributed by atoms with Crippen LogP contribution in [0.2, 0.25) is 0 Å². The number of aliphatic hydroxyl groups is 1. The number of carbonyl (C=O) groups excluding carboxylic acids is 1. The Hall–Kier alpha value is -1.76. The fourth-order valence-electron chi connectivity index (χ4n) is 2.05. The molecule has 0 spiro atoms. The second-order valence-electron chi connectivity index (χ2n) is 4.70. The highest BCUT2D eigenvalue weighted by molar-refractivity contribution is 7.13. The summed E-state index contributed by atoms with van der Waals surface area (Å²) in [7, 11) is 1.00. The van der Waals surface area contributed by atoms with E-state index in [-0.39, 0.29) is 6.41 Å². The van der Waals surface area contributed by atoms with Gasteiger partial charge in [-0.05, 0) is 43.9 Å². The Labute approximate surface area is 142 Å². The number of aliphatic hydroxyl groups excluding tert-OH is 1. The molecule has 0 saturated heterocycles. The Morgan fingerprint density at radius 1 is 1.17 bits per heavy atom. The van der Waals surface area contributed by atoms with Gasteiger partial charge in [0.25, 0.3) is 0 Å². The second kappa shape index (κ2) is 13.9. The summed E-state index contributed by atoms with van der Waals surface area (Å²) in [6.07, 6.45) is 5.00. The summed E-state index contributed by atoms with van der Waals surface area (Å²) in [6.45, 7) is 2.87. The predicted octanol–water partition coefficient (Wildman–Crippen LogP) is 2.50. The average molecular weight is 337 g/mol. The molecule has 0 bridgehead atoms. The number of hydrogen-bond acceptors (Lipinski definition) is 5. The van der Waals surface area contributed by atoms with E-state index in [0.29, 0.717) is 0 Å². The number of primary amides is 1. The van der Waals surface area contributed by atoms with Gasteiger partial charge in [-0.2, -0.15) is 0 Å². The van der Waals surface area contributed by atoms with Crippen LogP contribution in [0.1, 0.15) is 30.5 Å². The van der Waals surface area contributed by atoms with Crippen molar-refractivity contribution in [2.24, 2.45) is 11.5 Å². The van der Waals surface area contributed by atoms with Crippen molar-refractivity contribution in [1.29, 1.82) is 0 Å². The van der Waals surface area contributed by atoms with Crippen molar-refractivity contribution >= 4 is 17.7 Å². The minimum atomic E-state index is 0.250. The van der Waals surface area contributed by atoms with Gasteiger partial charge in [-0.15, -0.1) is 11.3 Å². The summed E-state index contributed by atoms with van der Waals surface area (Å²) in [5, 5.41) is 7.00. The lowest BCUT2D eigenvalue weighted by molar-refractivity contribution is -0.106. The molecule has 0 aliphatic rings. The minimum Gasteiger partial charge on any atom is -0.400 e. The largest absolute Gasteiger partial charge is 0.400 e. The monoisotopic (exact) mass is 337 g/mol. The van der Waals surface area contributed by atoms with Crippen molar-refractivity contribution in [3.05, 3.63) is 41.0 Å². The van der Waals surface area contributed by atoms with Crippen LogP contribution in [-0.4, -0.2) is 30.2 Å². The van der Waals surface area contributed by atoms with Crippen molar-refractivity contribution < 1.29 is 9.90 Å². The molecule has 1 heterocycles. The zero-order valence-electron chi connectivity index (χ0n) is 13.9. The number of amides is 1. The maximum Gasteiger partial charge on any atom is 0.204 e. The van der Waals surface area contributed by atoms with E-state index in [4.69, 9.17) is 15.6 Å². The summed E-state index contributed by atoms with van der Waals surface area (Å²) in [5.41, 5.74) is 15.4. The first-order valence-electron chi connectivity index (χ1n) is 7.52. The van der Waals surface area contributed by atoms with E-state index in [2.05, 4.69) is 41.9 Å². The van der Waals surface area contributed by atoms with Crippen LogP contribution >= 0.6 is 11.3 Å². The van der Waals surface area contributed by atoms with Crippen LogP contribution in [-0.2, 0) is 11.2 Å². The molecule has 1 aromatic heterocycles. The average Bonchev–Trinajstić information content (AvgIpc) is 3.01. The quantitative estimate of drug-likeness (QED) is 0.556. The molecule has 0 aliphatic heterocycles. The standard InChI is InChI=1S/C15H20N2S.CH3NO.CH4O/c1-12-15(18-11-17-12)14-8-6-13(7-9-14)5-3-2-4-10-16;2-1-3;1-2/h6-9,11H,2-5,10,16H2,1H3;1H,(H2,2,3);2H,1H3. The van der Waals surface area contributed by atoms with Crippen LogP contribution in [0.4, 0.5) is 0 Å². The highest BCUT2D eigenvalue weighted by Gasteiger charge is 2.04. The van der Waals surface area contributed by atoms with Crippen molar-refractivity contribution in [3.8, 4) is 10.4 Å². The zero-order valence-corrected chi connectivity index (χ0v) is 14.7. The van der Waals surface area contributed by atoms with Crippen LogP contribution in [0.15, 0.2) is 29.8 Å². The Kier molecular flexibility index (Phi) is 12.8. The molecule has 6 heteroatoms. The van der Waals surface area contributed by atoms with Gasteiger partial charge < -0.3 is 16.6 Å². The van der Waals surface area contributed by atoms with Crippen LogP contribution in [0.5, 0.6) is 0 Å². The van der Waals surface area contributed by atoms with Gasteiger partial charge in [0.05, 0.1) is 16.1 Å². The third-order valence-electron chi connectivity index (χ3n) is 3.13. The van der Waals surface area contributed by atoms with Crippen molar-refractivity contribution in [3.63, 3.8) is 0 Å². The van der Waals surface area contributed by atoms with Gasteiger partial charge in [0.15, 0.2) is 0 Å². The molecule has 0 radical (unpaired) electrons. The molecular formula is C17H27N3O2S. The SMILES string of the molecule is CO.Cc1ncsc1-c1ccc(CCCCCN)cc1.NC=O. The first kappa shape index (κ1) is 21.2. The normalized spacial score (nSPS) is 9.22. The molecular weight excluding hydrogens is 310 g/mol. The molecule has 0 fully saturated rings. The molecule has 23 heavy (non-hydrogen) atoms. The summed E-state index contributed by atoms with van der Waals surface area (Å²) >= 11 is 1.71. The highest BCUT2D eigenvalue weighted by Crippen LogP contribution is 2.27. The Morgan fingerprint density at radius 3 is 2.26 bits per heavy atom. The summed E-state index contributed by atoms with van der Waals surface area (Å²) in [6, 6.07) is 8.88. The number of thiazole rings is 1. The minimum absolute atomic E-state index is 0.250. The highest BCUT2D eigenvalue weighted by atomic mass is 32.1. The molecule has 5 nitrogen and oxygen atoms in total. The molecule has 1 amide bonds. The number of unbranched alkanes of at least 4 members (excludes halogenated alkanes) is 2. The third-order valence-corrected chi connectivity index (χ3v) is 4.11. The van der Waals surface area contributed by atoms with E-state index < -0.39 is 0 Å². The second-order valence-corrected chi connectivity index (χ2v) is 5.55. The summed E-state index contributed by atoms with van der Waals surface area (Å²) < 4.78 is 0. The number of nitrogens with zero attached hydrogens (tertiary/aromatic N) is 1. The number of carbonyl (C=O) groups is 1. The molecule has 0 saturated carbocycles. The topological polar surface area (TPSA) is 102 Å². The fourth-order valence-corrected chi connectivity index (χ4v) is 2.86. The lowest BCUT2D eigenvalue weighted by Gasteiger charge is -2.03. The smallest absolute Gasteiger partial charge is 0.204 e. The summed E-state index contributed by atoms with van der Waals surface area (Å²) in [5.74, 6) is 0. The van der Waals surface area contributed by atoms with Crippen LogP contribution in [0, 0.1) is 6.92 Å². The number of aromatic nitrogens is 1. The van der Waals surface area contributed by atoms with Gasteiger partial charge in [0, 0.05) is 7.11 Å². The third kappa shape index (κ3) is 8.44. The predicted molar refractivity (Wildman–Crippen MR) is 97.3 cm³/mol. The van der Waals surface area contributed by atoms with Gasteiger partial charge in [0.1, 0.15) is 0 Å². The van der Waals surface area contributed by atoms with E-state index in [1.54, 1.807) is 11.3 Å². The van der Waals surface area contributed by atoms with E-state index >= 15 is 0 Å². The zero-order chi connectivity index (χ0) is 17.5. The molecule has 128 valence electrons. The van der Waals surface area contributed by atoms with E-state index in [1.165, 1.54) is 28.8 Å². The number of rotatable bonds is 6. The van der Waals surface area contributed by atoms with Crippen LogP contribution in [0.3, 0.4) is 0 Å². The molecule has 1 aromatic carbocycles. The lowest BCUT2D eigenvalue weighted by atomic mass is 10.0. The first-order chi connectivity index (χ1) is 11.2. The molecule has 2 aromatic rings.